The number of aryl methyl sites for hydroxylation is 1. The van der Waals surface area contributed by atoms with E-state index in [0.29, 0.717) is 18.3 Å². The lowest BCUT2D eigenvalue weighted by atomic mass is 10.1. The molecule has 162 valence electrons. The highest BCUT2D eigenvalue weighted by atomic mass is 19.1. The number of nitrogens with zero attached hydrogens (tertiary/aromatic N) is 2. The number of anilines is 1. The van der Waals surface area contributed by atoms with Crippen molar-refractivity contribution >= 4 is 11.6 Å². The van der Waals surface area contributed by atoms with E-state index in [4.69, 9.17) is 4.74 Å². The molecule has 2 heterocycles. The molecule has 0 bridgehead atoms. The number of hydrogen-bond donors (Lipinski definition) is 3. The first-order valence-corrected chi connectivity index (χ1v) is 10.4. The van der Waals surface area contributed by atoms with Crippen LogP contribution in [0.4, 0.5) is 10.1 Å². The molecule has 0 aliphatic carbocycles. The van der Waals surface area contributed by atoms with Gasteiger partial charge >= 0.3 is 0 Å². The maximum Gasteiger partial charge on any atom is 0.255 e. The van der Waals surface area contributed by atoms with E-state index >= 15 is 0 Å². The third-order valence-corrected chi connectivity index (χ3v) is 5.27. The Morgan fingerprint density at radius 1 is 1.26 bits per heavy atom. The Hall–Kier alpha value is -3.23. The number of carbonyl (C=O) groups is 1. The van der Waals surface area contributed by atoms with Crippen LogP contribution in [-0.2, 0) is 7.05 Å². The van der Waals surface area contributed by atoms with Crippen LogP contribution in [0.2, 0.25) is 0 Å². The molecule has 1 aliphatic heterocycles. The summed E-state index contributed by atoms with van der Waals surface area (Å²) < 4.78 is 21.3. The van der Waals surface area contributed by atoms with Crippen LogP contribution in [0.5, 0.6) is 5.75 Å². The largest absolute Gasteiger partial charge is 0.493 e. The number of aromatic nitrogens is 2. The molecule has 1 aromatic heterocycles. The number of benzene rings is 2. The van der Waals surface area contributed by atoms with E-state index in [1.165, 1.54) is 18.2 Å². The van der Waals surface area contributed by atoms with Crippen molar-refractivity contribution in [2.24, 2.45) is 7.05 Å². The van der Waals surface area contributed by atoms with Crippen molar-refractivity contribution < 1.29 is 13.9 Å². The average Bonchev–Trinajstić information content (AvgIpc) is 3.21. The Bertz CT molecular complexity index is 1050. The van der Waals surface area contributed by atoms with Gasteiger partial charge in [0.05, 0.1) is 12.3 Å². The van der Waals surface area contributed by atoms with Gasteiger partial charge < -0.3 is 20.7 Å². The van der Waals surface area contributed by atoms with Gasteiger partial charge in [-0.25, -0.2) is 4.39 Å². The number of ether oxygens (including phenoxy) is 1. The molecule has 8 heteroatoms. The summed E-state index contributed by atoms with van der Waals surface area (Å²) in [6.07, 6.45) is 2.60. The number of amides is 1. The number of piperazine rings is 1. The van der Waals surface area contributed by atoms with Crippen molar-refractivity contribution in [1.82, 2.24) is 20.4 Å². The summed E-state index contributed by atoms with van der Waals surface area (Å²) in [6.45, 7) is 3.46. The van der Waals surface area contributed by atoms with Crippen molar-refractivity contribution in [2.75, 3.05) is 31.6 Å². The standard InChI is InChI=1S/C23H26FN5O2/c1-29-21(7-9-27-29)20-14-18(28-23(30)16-3-2-4-17(24)13-16)5-6-22(20)31-12-8-19-15-25-10-11-26-19/h2-7,9,13-14,19,25-26H,8,10-12,15H2,1H3,(H,28,30). The Labute approximate surface area is 180 Å². The molecule has 2 aromatic carbocycles. The second kappa shape index (κ2) is 9.72. The van der Waals surface area contributed by atoms with E-state index in [0.717, 1.165) is 43.1 Å². The summed E-state index contributed by atoms with van der Waals surface area (Å²) in [4.78, 5) is 12.5. The van der Waals surface area contributed by atoms with Gasteiger partial charge in [-0.05, 0) is 48.9 Å². The fourth-order valence-corrected chi connectivity index (χ4v) is 3.63. The smallest absolute Gasteiger partial charge is 0.255 e. The topological polar surface area (TPSA) is 80.2 Å². The number of halogens is 1. The number of rotatable bonds is 7. The molecular formula is C23H26FN5O2. The van der Waals surface area contributed by atoms with Crippen LogP contribution in [0, 0.1) is 5.82 Å². The van der Waals surface area contributed by atoms with Crippen LogP contribution in [0.1, 0.15) is 16.8 Å². The zero-order valence-corrected chi connectivity index (χ0v) is 17.4. The van der Waals surface area contributed by atoms with E-state index in [2.05, 4.69) is 21.0 Å². The molecule has 3 aromatic rings. The molecule has 1 amide bonds. The maximum absolute atomic E-state index is 13.5. The predicted octanol–water partition coefficient (Wildman–Crippen LogP) is 2.81. The maximum atomic E-state index is 13.5. The molecule has 1 fully saturated rings. The highest BCUT2D eigenvalue weighted by molar-refractivity contribution is 6.04. The van der Waals surface area contributed by atoms with Crippen LogP contribution in [0.15, 0.2) is 54.7 Å². The Balaban J connectivity index is 1.51. The number of carbonyl (C=O) groups excluding carboxylic acids is 1. The first kappa shape index (κ1) is 21.0. The fraction of sp³-hybridized carbons (Fsp3) is 0.304. The fourth-order valence-electron chi connectivity index (χ4n) is 3.63. The van der Waals surface area contributed by atoms with E-state index < -0.39 is 5.82 Å². The summed E-state index contributed by atoms with van der Waals surface area (Å²) in [5.74, 6) is -0.106. The minimum atomic E-state index is -0.449. The molecular weight excluding hydrogens is 397 g/mol. The van der Waals surface area contributed by atoms with Crippen molar-refractivity contribution in [3.05, 3.63) is 66.1 Å². The first-order chi connectivity index (χ1) is 15.1. The number of nitrogens with one attached hydrogen (secondary N) is 3. The van der Waals surface area contributed by atoms with Crippen LogP contribution < -0.4 is 20.7 Å². The van der Waals surface area contributed by atoms with Gasteiger partial charge in [0.1, 0.15) is 11.6 Å². The third-order valence-electron chi connectivity index (χ3n) is 5.27. The van der Waals surface area contributed by atoms with Gasteiger partial charge in [0.25, 0.3) is 5.91 Å². The minimum Gasteiger partial charge on any atom is -0.493 e. The summed E-state index contributed by atoms with van der Waals surface area (Å²) in [7, 11) is 1.86. The van der Waals surface area contributed by atoms with Crippen molar-refractivity contribution in [2.45, 2.75) is 12.5 Å². The van der Waals surface area contributed by atoms with Gasteiger partial charge in [0, 0.05) is 55.7 Å². The quantitative estimate of drug-likeness (QED) is 0.545. The van der Waals surface area contributed by atoms with E-state index in [1.807, 2.05) is 25.2 Å². The number of hydrogen-bond acceptors (Lipinski definition) is 5. The van der Waals surface area contributed by atoms with Crippen LogP contribution >= 0.6 is 0 Å². The lowest BCUT2D eigenvalue weighted by Gasteiger charge is -2.24. The summed E-state index contributed by atoms with van der Waals surface area (Å²) in [5, 5.41) is 13.9. The lowest BCUT2D eigenvalue weighted by Crippen LogP contribution is -2.48. The highest BCUT2D eigenvalue weighted by Crippen LogP contribution is 2.32. The highest BCUT2D eigenvalue weighted by Gasteiger charge is 2.15. The van der Waals surface area contributed by atoms with Gasteiger partial charge in [-0.3, -0.25) is 9.48 Å². The summed E-state index contributed by atoms with van der Waals surface area (Å²) in [6, 6.07) is 13.4. The van der Waals surface area contributed by atoms with Crippen molar-refractivity contribution in [3.63, 3.8) is 0 Å². The summed E-state index contributed by atoms with van der Waals surface area (Å²) >= 11 is 0. The van der Waals surface area contributed by atoms with Crippen LogP contribution in [-0.4, -0.2) is 48.0 Å². The minimum absolute atomic E-state index is 0.260. The molecule has 31 heavy (non-hydrogen) atoms. The first-order valence-electron chi connectivity index (χ1n) is 10.4. The van der Waals surface area contributed by atoms with E-state index in [1.54, 1.807) is 23.0 Å². The molecule has 1 unspecified atom stereocenters. The molecule has 1 saturated heterocycles. The second-order valence-electron chi connectivity index (χ2n) is 7.51. The summed E-state index contributed by atoms with van der Waals surface area (Å²) in [5.41, 5.74) is 2.55. The molecule has 0 spiro atoms. The third kappa shape index (κ3) is 5.28. The van der Waals surface area contributed by atoms with Crippen molar-refractivity contribution in [3.8, 4) is 17.0 Å². The van der Waals surface area contributed by atoms with E-state index in [9.17, 15) is 9.18 Å². The second-order valence-corrected chi connectivity index (χ2v) is 7.51. The van der Waals surface area contributed by atoms with Crippen LogP contribution in [0.3, 0.4) is 0 Å². The molecule has 4 rings (SSSR count). The normalized spacial score (nSPS) is 16.1. The lowest BCUT2D eigenvalue weighted by molar-refractivity contribution is 0.102. The predicted molar refractivity (Wildman–Crippen MR) is 118 cm³/mol. The van der Waals surface area contributed by atoms with Gasteiger partial charge in [0.15, 0.2) is 0 Å². The molecule has 0 radical (unpaired) electrons. The van der Waals surface area contributed by atoms with Gasteiger partial charge in [0.2, 0.25) is 0 Å². The van der Waals surface area contributed by atoms with Gasteiger partial charge in [-0.2, -0.15) is 5.10 Å². The Morgan fingerprint density at radius 3 is 2.90 bits per heavy atom. The SMILES string of the molecule is Cn1nccc1-c1cc(NC(=O)c2cccc(F)c2)ccc1OCCC1CNCCN1. The Kier molecular flexibility index (Phi) is 6.59. The van der Waals surface area contributed by atoms with Crippen LogP contribution in [0.25, 0.3) is 11.3 Å². The Morgan fingerprint density at radius 2 is 2.16 bits per heavy atom. The monoisotopic (exact) mass is 423 g/mol. The average molecular weight is 423 g/mol. The molecule has 7 nitrogen and oxygen atoms in total. The molecule has 1 aliphatic rings. The van der Waals surface area contributed by atoms with Gasteiger partial charge in [-0.1, -0.05) is 6.07 Å². The van der Waals surface area contributed by atoms with Crippen molar-refractivity contribution in [1.29, 1.82) is 0 Å². The van der Waals surface area contributed by atoms with Gasteiger partial charge in [-0.15, -0.1) is 0 Å². The molecule has 1 atom stereocenters. The zero-order chi connectivity index (χ0) is 21.6. The molecule has 0 saturated carbocycles. The van der Waals surface area contributed by atoms with E-state index in [-0.39, 0.29) is 11.5 Å². The zero-order valence-electron chi connectivity index (χ0n) is 17.4. The molecule has 3 N–H and O–H groups in total.